The van der Waals surface area contributed by atoms with Crippen LogP contribution in [0, 0.1) is 35.4 Å². The van der Waals surface area contributed by atoms with Crippen molar-refractivity contribution < 1.29 is 42.5 Å². The molecule has 0 fully saturated rings. The first-order chi connectivity index (χ1) is 25.4. The van der Waals surface area contributed by atoms with Crippen LogP contribution >= 0.6 is 0 Å². The molecule has 0 bridgehead atoms. The monoisotopic (exact) mass is 891 g/mol. The molecule has 0 unspecified atom stereocenters. The second-order valence-corrected chi connectivity index (χ2v) is 10.9. The Morgan fingerprint density at radius 3 is 1.55 bits per heavy atom. The molecular weight excluding hydrogens is 861 g/mol. The van der Waals surface area contributed by atoms with Gasteiger partial charge < -0.3 is 35.4 Å². The summed E-state index contributed by atoms with van der Waals surface area (Å²) in [5, 5.41) is 2.92. The van der Waals surface area contributed by atoms with E-state index in [1.54, 1.807) is 73.6 Å². The third-order valence-corrected chi connectivity index (χ3v) is 7.19. The maximum absolute atomic E-state index is 13.2. The van der Waals surface area contributed by atoms with Crippen molar-refractivity contribution in [1.29, 1.82) is 0 Å². The molecule has 0 atom stereocenters. The quantitative estimate of drug-likeness (QED) is 0.122. The van der Waals surface area contributed by atoms with Crippen LogP contribution in [0.5, 0.6) is 0 Å². The second kappa shape index (κ2) is 20.8. The van der Waals surface area contributed by atoms with Gasteiger partial charge in [0.2, 0.25) is 5.91 Å². The molecule has 0 aliphatic rings. The van der Waals surface area contributed by atoms with Crippen LogP contribution in [0.15, 0.2) is 140 Å². The van der Waals surface area contributed by atoms with Gasteiger partial charge in [-0.1, -0.05) is 59.7 Å². The van der Waals surface area contributed by atoms with Crippen molar-refractivity contribution >= 4 is 5.91 Å². The largest absolute Gasteiger partial charge is 3.00 e. The number of nitrogens with zero attached hydrogens (tertiary/aromatic N) is 5. The molecule has 7 aromatic rings. The van der Waals surface area contributed by atoms with Crippen molar-refractivity contribution in [1.82, 2.24) is 30.2 Å². The molecule has 272 valence electrons. The number of nitrogens with one attached hydrogen (secondary N) is 1. The summed E-state index contributed by atoms with van der Waals surface area (Å²) in [6.07, 6.45) is 11.3. The predicted molar refractivity (Wildman–Crippen MR) is 189 cm³/mol. The van der Waals surface area contributed by atoms with E-state index in [-0.39, 0.29) is 37.1 Å². The second-order valence-electron chi connectivity index (χ2n) is 10.9. The van der Waals surface area contributed by atoms with Crippen molar-refractivity contribution in [2.75, 3.05) is 0 Å². The summed E-state index contributed by atoms with van der Waals surface area (Å²) in [6.45, 7) is 0.477. The minimum atomic E-state index is -0.649. The number of carbonyl (C=O) groups is 1. The van der Waals surface area contributed by atoms with E-state index in [9.17, 15) is 22.4 Å². The molecule has 1 amide bonds. The summed E-state index contributed by atoms with van der Waals surface area (Å²) in [5.41, 5.74) is 5.01. The Kier molecular flexibility index (Phi) is 15.6. The Balaban J connectivity index is 0.000000187. The average Bonchev–Trinajstić information content (AvgIpc) is 3.18. The molecule has 12 heteroatoms. The first-order valence-electron chi connectivity index (χ1n) is 15.9. The van der Waals surface area contributed by atoms with Crippen molar-refractivity contribution in [2.45, 2.75) is 19.4 Å². The van der Waals surface area contributed by atoms with Crippen molar-refractivity contribution in [3.63, 3.8) is 0 Å². The zero-order valence-electron chi connectivity index (χ0n) is 27.9. The average molecular weight is 891 g/mol. The number of benzene rings is 2. The molecule has 2 aromatic carbocycles. The van der Waals surface area contributed by atoms with Crippen LogP contribution in [0.2, 0.25) is 0 Å². The Hall–Kier alpha value is -5.97. The van der Waals surface area contributed by atoms with E-state index >= 15 is 0 Å². The van der Waals surface area contributed by atoms with E-state index in [2.05, 4.69) is 42.4 Å². The molecule has 53 heavy (non-hydrogen) atoms. The Labute approximate surface area is 317 Å². The van der Waals surface area contributed by atoms with Gasteiger partial charge in [-0.25, -0.2) is 0 Å². The third kappa shape index (κ3) is 12.6. The summed E-state index contributed by atoms with van der Waals surface area (Å²) >= 11 is 0. The molecule has 0 saturated heterocycles. The minimum absolute atomic E-state index is 0. The fraction of sp³-hybridized carbons (Fsp3) is 0.0732. The van der Waals surface area contributed by atoms with E-state index < -0.39 is 23.3 Å². The fourth-order valence-electron chi connectivity index (χ4n) is 4.59. The van der Waals surface area contributed by atoms with Crippen LogP contribution < -0.4 is 5.32 Å². The number of pyridine rings is 5. The van der Waals surface area contributed by atoms with Gasteiger partial charge in [-0.15, -0.1) is 24.3 Å². The SMILES string of the molecule is Fc1c[c-]c(-c2ccccn2)c(F)c1.Fc1c[c-]c(-c2ccccn2)c(F)c1.O=C(CCc1ccncc1)NCc1ccc(-c2ccccn2)nc1.[Ir-3]. The minimum Gasteiger partial charge on any atom is -3.00 e. The topological polar surface area (TPSA) is 93.5 Å². The summed E-state index contributed by atoms with van der Waals surface area (Å²) < 4.78 is 51.6. The molecular formula is C41H30F4IrN6O-5. The number of aryl methyl sites for hydroxylation is 1. The zero-order valence-corrected chi connectivity index (χ0v) is 30.3. The molecule has 0 saturated carbocycles. The van der Waals surface area contributed by atoms with Crippen molar-refractivity contribution in [3.05, 3.63) is 187 Å². The fourth-order valence-corrected chi connectivity index (χ4v) is 4.59. The standard InChI is InChI=1S/C19H18N4O.2C11H6F2N.Ir/c24-19(7-5-15-8-11-20-12-9-15)23-14-16-4-6-18(22-13-16)17-3-1-2-10-21-17;2*12-8-4-5-9(10(13)7-8)11-3-1-2-6-14-11;/h1-4,6,8-13H,5,7,14H2,(H,23,24);2*1-4,6-7H;/q;2*-1;-3. The van der Waals surface area contributed by atoms with E-state index in [1.165, 1.54) is 0 Å². The van der Waals surface area contributed by atoms with Crippen LogP contribution in [0.3, 0.4) is 0 Å². The Morgan fingerprint density at radius 2 is 1.09 bits per heavy atom. The molecule has 7 rings (SSSR count). The van der Waals surface area contributed by atoms with Gasteiger partial charge >= 0.3 is 0 Å². The number of halogens is 4. The molecule has 1 N–H and O–H groups in total. The van der Waals surface area contributed by atoms with Gasteiger partial charge in [-0.3, -0.25) is 37.3 Å². The first kappa shape index (κ1) is 39.8. The number of hydrogen-bond acceptors (Lipinski definition) is 6. The van der Waals surface area contributed by atoms with E-state index in [1.807, 2.05) is 42.5 Å². The molecule has 0 aliphatic heterocycles. The molecule has 5 aromatic heterocycles. The number of carbonyl (C=O) groups excluding carboxylic acids is 1. The molecule has 0 aliphatic carbocycles. The molecule has 7 nitrogen and oxygen atoms in total. The first-order valence-corrected chi connectivity index (χ1v) is 15.9. The molecule has 0 spiro atoms. The summed E-state index contributed by atoms with van der Waals surface area (Å²) in [7, 11) is 0. The van der Waals surface area contributed by atoms with E-state index in [4.69, 9.17) is 0 Å². The predicted octanol–water partition coefficient (Wildman–Crippen LogP) is 8.44. The molecule has 0 radical (unpaired) electrons. The summed E-state index contributed by atoms with van der Waals surface area (Å²) in [4.78, 5) is 32.4. The number of rotatable bonds is 8. The zero-order chi connectivity index (χ0) is 36.5. The number of aromatic nitrogens is 5. The van der Waals surface area contributed by atoms with E-state index in [0.717, 1.165) is 46.8 Å². The Bertz CT molecular complexity index is 2060. The van der Waals surface area contributed by atoms with Crippen molar-refractivity contribution in [2.24, 2.45) is 0 Å². The third-order valence-electron chi connectivity index (χ3n) is 7.19. The van der Waals surface area contributed by atoms with Gasteiger partial charge in [0.15, 0.2) is 0 Å². The molecule has 5 heterocycles. The van der Waals surface area contributed by atoms with E-state index in [0.29, 0.717) is 30.8 Å². The van der Waals surface area contributed by atoms with Gasteiger partial charge in [0.25, 0.3) is 0 Å². The van der Waals surface area contributed by atoms with Gasteiger partial charge in [0.05, 0.1) is 11.4 Å². The van der Waals surface area contributed by atoms with Gasteiger partial charge in [-0.2, -0.15) is 0 Å². The normalized spacial score (nSPS) is 10.0. The summed E-state index contributed by atoms with van der Waals surface area (Å²) in [6, 6.07) is 32.5. The van der Waals surface area contributed by atoms with Crippen LogP contribution in [-0.4, -0.2) is 30.8 Å². The van der Waals surface area contributed by atoms with Crippen LogP contribution in [0.25, 0.3) is 33.9 Å². The maximum atomic E-state index is 13.2. The van der Waals surface area contributed by atoms with Gasteiger partial charge in [0, 0.05) is 73.4 Å². The Morgan fingerprint density at radius 1 is 0.585 bits per heavy atom. The van der Waals surface area contributed by atoms with Crippen molar-refractivity contribution in [3.8, 4) is 33.9 Å². The van der Waals surface area contributed by atoms with Gasteiger partial charge in [-0.05, 0) is 71.4 Å². The maximum Gasteiger partial charge on any atom is 0.220 e. The van der Waals surface area contributed by atoms with Crippen LogP contribution in [-0.2, 0) is 37.9 Å². The van der Waals surface area contributed by atoms with Gasteiger partial charge in [0.1, 0.15) is 0 Å². The van der Waals surface area contributed by atoms with Crippen LogP contribution in [0.4, 0.5) is 17.6 Å². The smallest absolute Gasteiger partial charge is 0.220 e. The van der Waals surface area contributed by atoms with Crippen LogP contribution in [0.1, 0.15) is 17.5 Å². The number of amides is 1. The summed E-state index contributed by atoms with van der Waals surface area (Å²) in [5.74, 6) is -2.54. The number of hydrogen-bond donors (Lipinski definition) is 1.